The number of nitrogens with zero attached hydrogens (tertiary/aromatic N) is 4. The number of hydrogen-bond donors (Lipinski definition) is 0. The van der Waals surface area contributed by atoms with Crippen LogP contribution in [0.3, 0.4) is 0 Å². The Bertz CT molecular complexity index is 906. The zero-order valence-corrected chi connectivity index (χ0v) is 18.5. The zero-order valence-electron chi connectivity index (χ0n) is 16.9. The lowest BCUT2D eigenvalue weighted by Crippen LogP contribution is -2.49. The van der Waals surface area contributed by atoms with Crippen molar-refractivity contribution in [2.75, 3.05) is 26.2 Å². The Hall–Kier alpha value is -1.97. The van der Waals surface area contributed by atoms with Crippen LogP contribution in [-0.4, -0.2) is 63.6 Å². The Morgan fingerprint density at radius 3 is 2.80 bits per heavy atom. The molecule has 1 spiro atoms. The van der Waals surface area contributed by atoms with Crippen LogP contribution in [0.25, 0.3) is 0 Å². The van der Waals surface area contributed by atoms with Gasteiger partial charge in [-0.1, -0.05) is 16.8 Å². The van der Waals surface area contributed by atoms with E-state index in [0.29, 0.717) is 75.8 Å². The Balaban J connectivity index is 1.29. The predicted octanol–water partition coefficient (Wildman–Crippen LogP) is 2.84. The van der Waals surface area contributed by atoms with E-state index in [1.165, 1.54) is 0 Å². The lowest BCUT2D eigenvalue weighted by molar-refractivity contribution is -0.141. The molecule has 30 heavy (non-hydrogen) atoms. The summed E-state index contributed by atoms with van der Waals surface area (Å²) in [5, 5.41) is 6.87. The first-order chi connectivity index (χ1) is 14.4. The number of carbonyl (C=O) groups excluding carboxylic acids is 2. The number of aromatic nitrogens is 2. The molecule has 2 fully saturated rings. The quantitative estimate of drug-likeness (QED) is 0.693. The summed E-state index contributed by atoms with van der Waals surface area (Å²) in [6, 6.07) is 1.63. The average Bonchev–Trinajstić information content (AvgIpc) is 3.29. The molecule has 0 aromatic carbocycles. The van der Waals surface area contributed by atoms with Crippen LogP contribution in [0.15, 0.2) is 16.0 Å². The maximum absolute atomic E-state index is 12.9. The van der Waals surface area contributed by atoms with Crippen molar-refractivity contribution < 1.29 is 18.8 Å². The van der Waals surface area contributed by atoms with E-state index in [2.05, 4.69) is 10.1 Å². The van der Waals surface area contributed by atoms with E-state index in [9.17, 15) is 9.59 Å². The number of piperidine rings is 1. The number of hydrogen-bond acceptors (Lipinski definition) is 7. The highest BCUT2D eigenvalue weighted by atomic mass is 35.5. The van der Waals surface area contributed by atoms with Crippen molar-refractivity contribution in [3.05, 3.63) is 33.1 Å². The van der Waals surface area contributed by atoms with Gasteiger partial charge >= 0.3 is 0 Å². The molecule has 0 bridgehead atoms. The number of thiazole rings is 1. The molecular weight excluding hydrogens is 428 g/mol. The molecule has 2 aliphatic rings. The van der Waals surface area contributed by atoms with E-state index in [-0.39, 0.29) is 11.8 Å². The average molecular weight is 453 g/mol. The molecule has 2 amide bonds. The number of ether oxygens (including phenoxy) is 1. The number of halogens is 1. The second-order valence-corrected chi connectivity index (χ2v) is 9.23. The Morgan fingerprint density at radius 1 is 1.33 bits per heavy atom. The third-order valence-electron chi connectivity index (χ3n) is 5.73. The number of aryl methyl sites for hydroxylation is 2. The highest BCUT2D eigenvalue weighted by Gasteiger charge is 2.41. The maximum Gasteiger partial charge on any atom is 0.225 e. The van der Waals surface area contributed by atoms with Crippen molar-refractivity contribution in [2.45, 2.75) is 51.2 Å². The summed E-state index contributed by atoms with van der Waals surface area (Å²) in [6.07, 6.45) is 2.52. The van der Waals surface area contributed by atoms with Gasteiger partial charge in [-0.25, -0.2) is 4.98 Å². The molecule has 4 heterocycles. The van der Waals surface area contributed by atoms with Crippen molar-refractivity contribution in [2.24, 2.45) is 0 Å². The normalized spacial score (nSPS) is 19.3. The van der Waals surface area contributed by atoms with Crippen LogP contribution < -0.4 is 0 Å². The van der Waals surface area contributed by atoms with Gasteiger partial charge in [-0.05, 0) is 19.8 Å². The topological polar surface area (TPSA) is 88.8 Å². The van der Waals surface area contributed by atoms with E-state index in [0.717, 1.165) is 10.7 Å². The van der Waals surface area contributed by atoms with E-state index < -0.39 is 5.60 Å². The van der Waals surface area contributed by atoms with E-state index in [1.807, 2.05) is 22.1 Å². The largest absolute Gasteiger partial charge is 0.372 e. The van der Waals surface area contributed by atoms with Gasteiger partial charge in [0.25, 0.3) is 0 Å². The first-order valence-electron chi connectivity index (χ1n) is 10.1. The molecule has 10 heteroatoms. The van der Waals surface area contributed by atoms with E-state index in [1.54, 1.807) is 17.4 Å². The number of amides is 2. The molecule has 0 N–H and O–H groups in total. The van der Waals surface area contributed by atoms with Gasteiger partial charge in [-0.2, -0.15) is 0 Å². The van der Waals surface area contributed by atoms with Crippen LogP contribution in [0.2, 0.25) is 5.15 Å². The van der Waals surface area contributed by atoms with Crippen molar-refractivity contribution in [1.82, 2.24) is 19.9 Å². The highest BCUT2D eigenvalue weighted by molar-refractivity contribution is 7.09. The second kappa shape index (κ2) is 9.03. The minimum Gasteiger partial charge on any atom is -0.372 e. The predicted molar refractivity (Wildman–Crippen MR) is 111 cm³/mol. The number of rotatable bonds is 5. The van der Waals surface area contributed by atoms with Crippen molar-refractivity contribution in [3.63, 3.8) is 0 Å². The molecule has 2 aromatic heterocycles. The molecule has 2 aliphatic heterocycles. The van der Waals surface area contributed by atoms with Gasteiger partial charge in [-0.3, -0.25) is 9.59 Å². The molecule has 0 aliphatic carbocycles. The summed E-state index contributed by atoms with van der Waals surface area (Å²) in [5.74, 6) is 0.774. The summed E-state index contributed by atoms with van der Waals surface area (Å²) < 4.78 is 11.2. The highest BCUT2D eigenvalue weighted by Crippen LogP contribution is 2.33. The Labute approximate surface area is 184 Å². The van der Waals surface area contributed by atoms with E-state index in [4.69, 9.17) is 20.9 Å². The van der Waals surface area contributed by atoms with Crippen LogP contribution in [0.1, 0.15) is 42.1 Å². The fraction of sp³-hybridized carbons (Fsp3) is 0.600. The molecule has 0 saturated carbocycles. The zero-order chi connectivity index (χ0) is 21.1. The van der Waals surface area contributed by atoms with Crippen molar-refractivity contribution in [1.29, 1.82) is 0 Å². The lowest BCUT2D eigenvalue weighted by atomic mass is 9.87. The summed E-state index contributed by atoms with van der Waals surface area (Å²) in [7, 11) is 0. The smallest absolute Gasteiger partial charge is 0.225 e. The monoisotopic (exact) mass is 452 g/mol. The summed E-state index contributed by atoms with van der Waals surface area (Å²) >= 11 is 7.32. The molecule has 0 unspecified atom stereocenters. The van der Waals surface area contributed by atoms with Gasteiger partial charge < -0.3 is 19.1 Å². The van der Waals surface area contributed by atoms with Gasteiger partial charge in [0.15, 0.2) is 5.15 Å². The Morgan fingerprint density at radius 2 is 2.13 bits per heavy atom. The summed E-state index contributed by atoms with van der Waals surface area (Å²) in [6.45, 7) is 4.76. The Kier molecular flexibility index (Phi) is 6.40. The van der Waals surface area contributed by atoms with E-state index >= 15 is 0 Å². The molecule has 0 atom stereocenters. The van der Waals surface area contributed by atoms with Crippen LogP contribution in [0, 0.1) is 6.92 Å². The first kappa shape index (κ1) is 21.3. The minimum atomic E-state index is -0.472. The fourth-order valence-corrected chi connectivity index (χ4v) is 4.96. The first-order valence-corrected chi connectivity index (χ1v) is 11.4. The van der Waals surface area contributed by atoms with Crippen LogP contribution in [-0.2, 0) is 27.3 Å². The van der Waals surface area contributed by atoms with Crippen LogP contribution >= 0.6 is 22.9 Å². The number of likely N-dealkylation sites (tertiary alicyclic amines) is 1. The van der Waals surface area contributed by atoms with Gasteiger partial charge in [0.2, 0.25) is 11.8 Å². The summed E-state index contributed by atoms with van der Waals surface area (Å²) in [5.41, 5.74) is 0.508. The second-order valence-electron chi connectivity index (χ2n) is 7.90. The molecule has 8 nitrogen and oxygen atoms in total. The third-order valence-corrected chi connectivity index (χ3v) is 6.86. The van der Waals surface area contributed by atoms with Gasteiger partial charge in [0.1, 0.15) is 10.8 Å². The van der Waals surface area contributed by atoms with Crippen LogP contribution in [0.4, 0.5) is 0 Å². The van der Waals surface area contributed by atoms with Crippen LogP contribution in [0.5, 0.6) is 0 Å². The fourth-order valence-electron chi connectivity index (χ4n) is 4.02. The summed E-state index contributed by atoms with van der Waals surface area (Å²) in [4.78, 5) is 33.6. The van der Waals surface area contributed by atoms with Crippen molar-refractivity contribution >= 4 is 34.8 Å². The van der Waals surface area contributed by atoms with Gasteiger partial charge in [0, 0.05) is 49.6 Å². The molecular formula is C20H25ClN4O4S. The molecule has 162 valence electrons. The number of carbonyl (C=O) groups is 2. The lowest BCUT2D eigenvalue weighted by Gasteiger charge is -2.40. The minimum absolute atomic E-state index is 0.0677. The standard InChI is InChI=1S/C20H25ClN4O4S/c1-14-13-30-17(22-14)12-25-8-9-28-20(11-19(25)27)4-6-24(7-5-20)18(26)3-2-15-10-16(21)23-29-15/h10,13H,2-9,11-12H2,1H3. The molecule has 2 saturated heterocycles. The molecule has 2 aromatic rings. The van der Waals surface area contributed by atoms with Gasteiger partial charge in [0.05, 0.1) is 25.2 Å². The third kappa shape index (κ3) is 5.01. The molecule has 0 radical (unpaired) electrons. The SMILES string of the molecule is Cc1csc(CN2CCOC3(CCN(C(=O)CCc4cc(Cl)no4)CC3)CC2=O)n1. The molecule has 4 rings (SSSR count). The van der Waals surface area contributed by atoms with Crippen molar-refractivity contribution in [3.8, 4) is 0 Å². The van der Waals surface area contributed by atoms with Gasteiger partial charge in [-0.15, -0.1) is 11.3 Å². The maximum atomic E-state index is 12.9.